The van der Waals surface area contributed by atoms with Crippen LogP contribution >= 0.6 is 11.8 Å². The van der Waals surface area contributed by atoms with Crippen molar-refractivity contribution in [3.05, 3.63) is 54.1 Å². The highest BCUT2D eigenvalue weighted by atomic mass is 32.2. The third-order valence-corrected chi connectivity index (χ3v) is 10.3. The number of hydrogen-bond acceptors (Lipinski definition) is 14. The number of amides is 8. The normalized spacial score (nSPS) is 13.9. The Hall–Kier alpha value is -7.29. The number of carbonyl (C=O) groups is 10. The van der Waals surface area contributed by atoms with Crippen LogP contribution in [0, 0.1) is 0 Å². The van der Waals surface area contributed by atoms with E-state index in [1.807, 2.05) is 0 Å². The van der Waals surface area contributed by atoms with Gasteiger partial charge in [-0.3, -0.25) is 48.1 Å². The molecule has 19 N–H and O–H groups in total. The molecule has 368 valence electrons. The average molecular weight is 961 g/mol. The Bertz CT molecular complexity index is 2040. The Morgan fingerprint density at radius 1 is 0.657 bits per heavy atom. The van der Waals surface area contributed by atoms with Crippen LogP contribution < -0.4 is 60.6 Å². The van der Waals surface area contributed by atoms with Crippen LogP contribution in [0.15, 0.2) is 47.8 Å². The van der Waals surface area contributed by atoms with Crippen molar-refractivity contribution < 1.29 is 58.2 Å². The molecule has 2 rings (SSSR count). The molecule has 8 amide bonds. The molecule has 1 aromatic carbocycles. The van der Waals surface area contributed by atoms with E-state index in [1.165, 1.54) is 24.3 Å². The topological polar surface area (TPSA) is 454 Å². The molecule has 0 saturated heterocycles. The lowest BCUT2D eigenvalue weighted by atomic mass is 10.0. The van der Waals surface area contributed by atoms with Crippen LogP contribution in [0.2, 0.25) is 0 Å². The van der Waals surface area contributed by atoms with E-state index in [0.717, 1.165) is 0 Å². The fraction of sp³-hybridized carbons (Fsp3) is 0.500. The monoisotopic (exact) mass is 960 g/mol. The van der Waals surface area contributed by atoms with Gasteiger partial charge in [-0.15, -0.1) is 0 Å². The molecule has 0 fully saturated rings. The lowest BCUT2D eigenvalue weighted by Gasteiger charge is -2.27. The number of nitrogens with one attached hydrogen (secondary N) is 7. The van der Waals surface area contributed by atoms with Gasteiger partial charge in [-0.25, -0.2) is 9.78 Å². The summed E-state index contributed by atoms with van der Waals surface area (Å²) in [5, 5.41) is 34.2. The molecule has 67 heavy (non-hydrogen) atoms. The number of H-pyrrole nitrogens is 1. The Labute approximate surface area is 388 Å². The third-order valence-electron chi connectivity index (χ3n) is 9.69. The van der Waals surface area contributed by atoms with Crippen molar-refractivity contribution in [1.82, 2.24) is 41.9 Å². The highest BCUT2D eigenvalue weighted by Gasteiger charge is 2.35. The number of guanidine groups is 1. The molecular weight excluding hydrogens is 901 g/mol. The highest BCUT2D eigenvalue weighted by molar-refractivity contribution is 7.98. The number of aromatic amines is 1. The van der Waals surface area contributed by atoms with Crippen molar-refractivity contribution in [1.29, 1.82) is 0 Å². The Morgan fingerprint density at radius 2 is 1.16 bits per heavy atom. The zero-order valence-corrected chi connectivity index (χ0v) is 37.6. The van der Waals surface area contributed by atoms with Crippen LogP contribution in [0.4, 0.5) is 0 Å². The Balaban J connectivity index is 2.41. The van der Waals surface area contributed by atoms with Crippen LogP contribution in [0.25, 0.3) is 0 Å². The van der Waals surface area contributed by atoms with Crippen molar-refractivity contribution in [3.63, 3.8) is 0 Å². The summed E-state index contributed by atoms with van der Waals surface area (Å²) in [4.78, 5) is 140. The fourth-order valence-electron chi connectivity index (χ4n) is 6.16. The molecule has 0 saturated carbocycles. The van der Waals surface area contributed by atoms with E-state index in [9.17, 15) is 58.2 Å². The van der Waals surface area contributed by atoms with Gasteiger partial charge in [0.25, 0.3) is 0 Å². The fourth-order valence-corrected chi connectivity index (χ4v) is 6.63. The molecule has 1 heterocycles. The summed E-state index contributed by atoms with van der Waals surface area (Å²) >= 11 is 1.30. The summed E-state index contributed by atoms with van der Waals surface area (Å²) < 4.78 is 0. The number of carboxylic acid groups (broad SMARTS) is 2. The van der Waals surface area contributed by atoms with Gasteiger partial charge in [0.2, 0.25) is 47.3 Å². The number of carboxylic acids is 2. The molecule has 0 unspecified atom stereocenters. The van der Waals surface area contributed by atoms with E-state index in [0.29, 0.717) is 11.3 Å². The van der Waals surface area contributed by atoms with E-state index < -0.39 is 108 Å². The molecule has 1 aromatic heterocycles. The van der Waals surface area contributed by atoms with E-state index in [2.05, 4.69) is 46.9 Å². The Kier molecular flexibility index (Phi) is 24.4. The number of thioether (sulfide) groups is 1. The highest BCUT2D eigenvalue weighted by Crippen LogP contribution is 2.10. The van der Waals surface area contributed by atoms with E-state index in [4.69, 9.17) is 28.7 Å². The van der Waals surface area contributed by atoms with E-state index in [1.54, 1.807) is 36.6 Å². The first-order valence-electron chi connectivity index (χ1n) is 20.8. The van der Waals surface area contributed by atoms with E-state index >= 15 is 0 Å². The van der Waals surface area contributed by atoms with Gasteiger partial charge in [-0.05, 0) is 49.7 Å². The zero-order valence-electron chi connectivity index (χ0n) is 36.7. The standard InChI is InChI=1S/C40H60N14O12S/c1-67-15-13-26(51-35(61)25(10-12-31(43)56)49-33(59)23(41)9-11-30(42)55)36(62)52-27(17-22-19-46-20-48-22)37(63)53-28(18-32(57)58)38(64)50-24(8-5-14-47-40(44)45)34(60)54-29(39(65)66)16-21-6-3-2-4-7-21/h2-4,6-7,19-20,23-29H,5,8-18,41H2,1H3,(H2,42,55)(H2,43,56)(H,46,48)(H,49,59)(H,50,64)(H,51,61)(H,52,62)(H,53,63)(H,54,60)(H,57,58)(H,65,66)(H4,44,45,47)/t23-,24-,25-,26-,27-,28-,29-/m0/s1. The lowest BCUT2D eigenvalue weighted by Crippen LogP contribution is -2.60. The molecular formula is C40H60N14O12S. The summed E-state index contributed by atoms with van der Waals surface area (Å²) in [6.45, 7) is -0.00768. The largest absolute Gasteiger partial charge is 0.481 e. The molecule has 0 radical (unpaired) electrons. The van der Waals surface area contributed by atoms with Crippen LogP contribution in [0.1, 0.15) is 62.6 Å². The van der Waals surface area contributed by atoms with Gasteiger partial charge >= 0.3 is 11.9 Å². The number of nitrogens with zero attached hydrogens (tertiary/aromatic N) is 2. The SMILES string of the molecule is CSCC[C@H](NC(=O)[C@H](CCC(N)=O)NC(=O)[C@@H](N)CCC(N)=O)C(=O)N[C@@H](Cc1cnc[nH]1)C(=O)N[C@@H](CC(=O)O)C(=O)N[C@@H](CCCN=C(N)N)C(=O)N[C@@H](Cc1ccccc1)C(=O)O. The first kappa shape index (κ1) is 55.8. The second kappa shape index (κ2) is 29.3. The van der Waals surface area contributed by atoms with Gasteiger partial charge in [0, 0.05) is 44.1 Å². The maximum Gasteiger partial charge on any atom is 0.326 e. The number of primary amides is 2. The predicted molar refractivity (Wildman–Crippen MR) is 242 cm³/mol. The Morgan fingerprint density at radius 3 is 1.70 bits per heavy atom. The second-order valence-corrected chi connectivity index (χ2v) is 16.1. The number of aliphatic imine (C=N–C) groups is 1. The second-order valence-electron chi connectivity index (χ2n) is 15.1. The summed E-state index contributed by atoms with van der Waals surface area (Å²) in [5.41, 5.74) is 28.0. The summed E-state index contributed by atoms with van der Waals surface area (Å²) in [5.74, 6) is -10.4. The van der Waals surface area contributed by atoms with Gasteiger partial charge < -0.3 is 75.8 Å². The van der Waals surface area contributed by atoms with Crippen LogP contribution in [-0.2, 0) is 60.8 Å². The number of carbonyl (C=O) groups excluding carboxylic acids is 8. The molecule has 0 aliphatic heterocycles. The number of aliphatic carboxylic acids is 2. The van der Waals surface area contributed by atoms with Crippen LogP contribution in [0.3, 0.4) is 0 Å². The molecule has 2 aromatic rings. The lowest BCUT2D eigenvalue weighted by molar-refractivity contribution is -0.143. The van der Waals surface area contributed by atoms with Gasteiger partial charge in [-0.1, -0.05) is 30.3 Å². The van der Waals surface area contributed by atoms with Crippen molar-refractivity contribution >= 4 is 76.9 Å². The number of benzene rings is 1. The number of imidazole rings is 1. The van der Waals surface area contributed by atoms with E-state index in [-0.39, 0.29) is 76.0 Å². The van der Waals surface area contributed by atoms with Crippen molar-refractivity contribution in [2.24, 2.45) is 33.7 Å². The average Bonchev–Trinajstić information content (AvgIpc) is 3.78. The smallest absolute Gasteiger partial charge is 0.326 e. The van der Waals surface area contributed by atoms with Crippen molar-refractivity contribution in [2.45, 2.75) is 107 Å². The zero-order chi connectivity index (χ0) is 50.1. The first-order chi connectivity index (χ1) is 31.7. The third kappa shape index (κ3) is 22.0. The molecule has 0 bridgehead atoms. The minimum Gasteiger partial charge on any atom is -0.481 e. The summed E-state index contributed by atoms with van der Waals surface area (Å²) in [7, 11) is 0. The maximum absolute atomic E-state index is 14.0. The maximum atomic E-state index is 14.0. The van der Waals surface area contributed by atoms with Crippen molar-refractivity contribution in [2.75, 3.05) is 18.6 Å². The van der Waals surface area contributed by atoms with Gasteiger partial charge in [0.1, 0.15) is 36.3 Å². The van der Waals surface area contributed by atoms with Crippen molar-refractivity contribution in [3.8, 4) is 0 Å². The number of hydrogen-bond donors (Lipinski definition) is 14. The summed E-state index contributed by atoms with van der Waals surface area (Å²) in [6, 6.07) is -2.11. The van der Waals surface area contributed by atoms with Gasteiger partial charge in [0.15, 0.2) is 5.96 Å². The molecule has 27 heteroatoms. The first-order valence-corrected chi connectivity index (χ1v) is 22.2. The molecule has 7 atom stereocenters. The number of rotatable bonds is 32. The molecule has 0 aliphatic carbocycles. The predicted octanol–water partition coefficient (Wildman–Crippen LogP) is -4.67. The van der Waals surface area contributed by atoms with Gasteiger partial charge in [-0.2, -0.15) is 11.8 Å². The minimum atomic E-state index is -1.88. The van der Waals surface area contributed by atoms with Gasteiger partial charge in [0.05, 0.1) is 18.8 Å². The summed E-state index contributed by atoms with van der Waals surface area (Å²) in [6.07, 6.45) is 1.69. The minimum absolute atomic E-state index is 0.00768. The number of aromatic nitrogens is 2. The van der Waals surface area contributed by atoms with Crippen LogP contribution in [-0.4, -0.2) is 146 Å². The number of nitrogens with two attached hydrogens (primary N) is 5. The molecule has 0 spiro atoms. The molecule has 0 aliphatic rings. The quantitative estimate of drug-likeness (QED) is 0.0186. The molecule has 26 nitrogen and oxygen atoms in total. The van der Waals surface area contributed by atoms with Crippen LogP contribution in [0.5, 0.6) is 0 Å².